The quantitative estimate of drug-likeness (QED) is 0.489. The molecule has 0 radical (unpaired) electrons. The summed E-state index contributed by atoms with van der Waals surface area (Å²) < 4.78 is 4.24. The molecule has 72 valence electrons. The molecule has 5 nitrogen and oxygen atoms in total. The fraction of sp³-hybridized carbons (Fsp3) is 0.714. The summed E-state index contributed by atoms with van der Waals surface area (Å²) in [7, 11) is 1.27. The van der Waals surface area contributed by atoms with Crippen LogP contribution in [0, 0.1) is 0 Å². The van der Waals surface area contributed by atoms with Crippen LogP contribution in [0.3, 0.4) is 0 Å². The zero-order valence-corrected chi connectivity index (χ0v) is 7.83. The molecule has 0 aliphatic carbocycles. The second-order valence-electron chi connectivity index (χ2n) is 1.49. The molecule has 0 rings (SSSR count). The third kappa shape index (κ3) is 11.7. The maximum absolute atomic E-state index is 10.3. The number of methoxy groups -OCH3 is 1. The lowest BCUT2D eigenvalue weighted by molar-refractivity contribution is 0.171. The van der Waals surface area contributed by atoms with Gasteiger partial charge in [0, 0.05) is 6.21 Å². The Balaban J connectivity index is 0. The first-order valence-corrected chi connectivity index (χ1v) is 3.86. The maximum atomic E-state index is 10.3. The monoisotopic (exact) mass is 175 g/mol. The van der Waals surface area contributed by atoms with E-state index in [0.29, 0.717) is 13.0 Å². The van der Waals surface area contributed by atoms with Gasteiger partial charge in [-0.3, -0.25) is 0 Å². The standard InChI is InChI=1S/C5H11N3O2.C2H6/c1-10-5(9)8-7-4-2-3-6;1-2/h4H,2-3,6H2,1H3,(H,8,9);1-2H3/b7-4+;. The minimum Gasteiger partial charge on any atom is -0.452 e. The second-order valence-corrected chi connectivity index (χ2v) is 1.49. The molecule has 0 bridgehead atoms. The number of hydrogen-bond acceptors (Lipinski definition) is 4. The molecule has 0 aliphatic heterocycles. The SMILES string of the molecule is CC.COC(=O)N/N=C/CCN. The van der Waals surface area contributed by atoms with Crippen LogP contribution in [0.2, 0.25) is 0 Å². The van der Waals surface area contributed by atoms with Crippen LogP contribution in [-0.4, -0.2) is 26.0 Å². The van der Waals surface area contributed by atoms with Crippen LogP contribution in [0.25, 0.3) is 0 Å². The molecule has 0 aliphatic rings. The summed E-state index contributed by atoms with van der Waals surface area (Å²) >= 11 is 0. The summed E-state index contributed by atoms with van der Waals surface area (Å²) in [6.07, 6.45) is 1.58. The fourth-order valence-electron chi connectivity index (χ4n) is 0.283. The van der Waals surface area contributed by atoms with E-state index in [4.69, 9.17) is 5.73 Å². The highest BCUT2D eigenvalue weighted by molar-refractivity contribution is 5.68. The molecule has 1 amide bonds. The van der Waals surface area contributed by atoms with Crippen molar-refractivity contribution < 1.29 is 9.53 Å². The fourth-order valence-corrected chi connectivity index (χ4v) is 0.283. The highest BCUT2D eigenvalue weighted by Gasteiger charge is 1.90. The Morgan fingerprint density at radius 2 is 2.25 bits per heavy atom. The van der Waals surface area contributed by atoms with Gasteiger partial charge in [-0.25, -0.2) is 10.2 Å². The highest BCUT2D eigenvalue weighted by Crippen LogP contribution is 1.70. The van der Waals surface area contributed by atoms with E-state index in [1.807, 2.05) is 13.8 Å². The molecule has 0 saturated carbocycles. The van der Waals surface area contributed by atoms with Gasteiger partial charge < -0.3 is 10.5 Å². The molecule has 0 unspecified atom stereocenters. The molecule has 0 atom stereocenters. The van der Waals surface area contributed by atoms with Gasteiger partial charge in [-0.1, -0.05) is 13.8 Å². The van der Waals surface area contributed by atoms with E-state index in [9.17, 15) is 4.79 Å². The summed E-state index contributed by atoms with van der Waals surface area (Å²) in [5.41, 5.74) is 7.26. The van der Waals surface area contributed by atoms with Crippen molar-refractivity contribution in [1.82, 2.24) is 5.43 Å². The third-order valence-corrected chi connectivity index (χ3v) is 0.728. The first kappa shape index (κ1) is 13.5. The molecule has 0 heterocycles. The topological polar surface area (TPSA) is 76.7 Å². The number of nitrogens with zero attached hydrogens (tertiary/aromatic N) is 1. The molecule has 12 heavy (non-hydrogen) atoms. The van der Waals surface area contributed by atoms with Gasteiger partial charge in [0.25, 0.3) is 0 Å². The molecular formula is C7H17N3O2. The van der Waals surface area contributed by atoms with E-state index < -0.39 is 6.09 Å². The number of hydrazone groups is 1. The molecule has 3 N–H and O–H groups in total. The lowest BCUT2D eigenvalue weighted by atomic mass is 10.5. The minimum absolute atomic E-state index is 0.520. The Morgan fingerprint density at radius 1 is 1.67 bits per heavy atom. The average Bonchev–Trinajstić information content (AvgIpc) is 2.15. The van der Waals surface area contributed by atoms with Gasteiger partial charge in [0.15, 0.2) is 0 Å². The lowest BCUT2D eigenvalue weighted by Crippen LogP contribution is -2.16. The highest BCUT2D eigenvalue weighted by atomic mass is 16.5. The number of hydrogen-bond donors (Lipinski definition) is 2. The van der Waals surface area contributed by atoms with Crippen molar-refractivity contribution in [2.75, 3.05) is 13.7 Å². The van der Waals surface area contributed by atoms with E-state index in [1.54, 1.807) is 0 Å². The molecular weight excluding hydrogens is 158 g/mol. The van der Waals surface area contributed by atoms with Crippen molar-refractivity contribution in [3.63, 3.8) is 0 Å². The van der Waals surface area contributed by atoms with Crippen LogP contribution in [0.5, 0.6) is 0 Å². The first-order chi connectivity index (χ1) is 5.81. The summed E-state index contributed by atoms with van der Waals surface area (Å²) in [6, 6.07) is 0. The Morgan fingerprint density at radius 3 is 2.67 bits per heavy atom. The lowest BCUT2D eigenvalue weighted by Gasteiger charge is -1.93. The van der Waals surface area contributed by atoms with Crippen LogP contribution in [0.1, 0.15) is 20.3 Å². The van der Waals surface area contributed by atoms with Crippen LogP contribution in [-0.2, 0) is 4.74 Å². The van der Waals surface area contributed by atoms with Gasteiger partial charge in [-0.05, 0) is 13.0 Å². The number of ether oxygens (including phenoxy) is 1. The third-order valence-electron chi connectivity index (χ3n) is 0.728. The zero-order chi connectivity index (χ0) is 9.82. The number of carbonyl (C=O) groups excluding carboxylic acids is 1. The van der Waals surface area contributed by atoms with Crippen LogP contribution in [0.4, 0.5) is 4.79 Å². The van der Waals surface area contributed by atoms with Crippen molar-refractivity contribution >= 4 is 12.3 Å². The minimum atomic E-state index is -0.576. The average molecular weight is 175 g/mol. The summed E-state index contributed by atoms with van der Waals surface area (Å²) in [6.45, 7) is 4.52. The van der Waals surface area contributed by atoms with Crippen molar-refractivity contribution in [2.45, 2.75) is 20.3 Å². The smallest absolute Gasteiger partial charge is 0.427 e. The van der Waals surface area contributed by atoms with Crippen molar-refractivity contribution in [1.29, 1.82) is 0 Å². The predicted octanol–water partition coefficient (Wildman–Crippen LogP) is 0.703. The second kappa shape index (κ2) is 12.6. The Labute approximate surface area is 73.0 Å². The number of nitrogens with one attached hydrogen (secondary N) is 1. The Kier molecular flexibility index (Phi) is 14.1. The normalized spacial score (nSPS) is 8.67. The number of carbonyl (C=O) groups is 1. The summed E-state index contributed by atoms with van der Waals surface area (Å²) in [5, 5.41) is 3.50. The van der Waals surface area contributed by atoms with Gasteiger partial charge in [0.05, 0.1) is 7.11 Å². The van der Waals surface area contributed by atoms with Crippen LogP contribution in [0.15, 0.2) is 5.10 Å². The van der Waals surface area contributed by atoms with Gasteiger partial charge in [-0.2, -0.15) is 5.10 Å². The largest absolute Gasteiger partial charge is 0.452 e. The molecule has 0 fully saturated rings. The molecule has 0 spiro atoms. The van der Waals surface area contributed by atoms with Gasteiger partial charge in [0.2, 0.25) is 0 Å². The van der Waals surface area contributed by atoms with E-state index in [0.717, 1.165) is 0 Å². The Hall–Kier alpha value is -1.10. The van der Waals surface area contributed by atoms with Crippen molar-refractivity contribution in [2.24, 2.45) is 10.8 Å². The number of nitrogens with two attached hydrogens (primary N) is 1. The van der Waals surface area contributed by atoms with Gasteiger partial charge in [-0.15, -0.1) is 0 Å². The molecule has 0 aromatic heterocycles. The van der Waals surface area contributed by atoms with Crippen LogP contribution >= 0.6 is 0 Å². The van der Waals surface area contributed by atoms with Gasteiger partial charge in [0.1, 0.15) is 0 Å². The Bertz CT molecular complexity index is 126. The van der Waals surface area contributed by atoms with Crippen molar-refractivity contribution in [3.8, 4) is 0 Å². The molecule has 0 aromatic carbocycles. The number of amides is 1. The molecule has 0 aromatic rings. The zero-order valence-electron chi connectivity index (χ0n) is 7.83. The molecule has 5 heteroatoms. The van der Waals surface area contributed by atoms with E-state index >= 15 is 0 Å². The van der Waals surface area contributed by atoms with E-state index in [-0.39, 0.29) is 0 Å². The maximum Gasteiger partial charge on any atom is 0.427 e. The van der Waals surface area contributed by atoms with Crippen molar-refractivity contribution in [3.05, 3.63) is 0 Å². The van der Waals surface area contributed by atoms with E-state index in [2.05, 4.69) is 15.3 Å². The number of rotatable bonds is 3. The van der Waals surface area contributed by atoms with Crippen LogP contribution < -0.4 is 11.2 Å². The first-order valence-electron chi connectivity index (χ1n) is 3.86. The van der Waals surface area contributed by atoms with E-state index in [1.165, 1.54) is 13.3 Å². The summed E-state index contributed by atoms with van der Waals surface area (Å²) in [4.78, 5) is 10.3. The molecule has 0 saturated heterocycles. The van der Waals surface area contributed by atoms with Gasteiger partial charge >= 0.3 is 6.09 Å². The summed E-state index contributed by atoms with van der Waals surface area (Å²) in [5.74, 6) is 0. The predicted molar refractivity (Wildman–Crippen MR) is 49.1 cm³/mol.